The van der Waals surface area contributed by atoms with Crippen molar-refractivity contribution in [3.63, 3.8) is 0 Å². The molecular weight excluding hydrogens is 413 g/mol. The fourth-order valence-corrected chi connectivity index (χ4v) is 3.15. The van der Waals surface area contributed by atoms with Crippen molar-refractivity contribution in [3.05, 3.63) is 48.0 Å². The highest BCUT2D eigenvalue weighted by Crippen LogP contribution is 2.19. The van der Waals surface area contributed by atoms with Crippen LogP contribution in [0.15, 0.2) is 42.5 Å². The molecule has 0 unspecified atom stereocenters. The normalized spacial score (nSPS) is 11.1. The molecule has 0 bridgehead atoms. The van der Waals surface area contributed by atoms with E-state index in [4.69, 9.17) is 4.74 Å². The van der Waals surface area contributed by atoms with Gasteiger partial charge < -0.3 is 33.2 Å². The molecule has 0 saturated carbocycles. The van der Waals surface area contributed by atoms with Gasteiger partial charge in [0.1, 0.15) is 13.2 Å². The predicted octanol–water partition coefficient (Wildman–Crippen LogP) is 0.806. The van der Waals surface area contributed by atoms with Crippen LogP contribution in [0.1, 0.15) is 26.3 Å². The van der Waals surface area contributed by atoms with E-state index in [9.17, 15) is 4.79 Å². The highest BCUT2D eigenvalue weighted by molar-refractivity contribution is 5.88. The van der Waals surface area contributed by atoms with Gasteiger partial charge in [0.15, 0.2) is 0 Å². The average molecular weight is 441 g/mol. The molecular formula is C20H28INO2. The lowest BCUT2D eigenvalue weighted by atomic mass is 10.0. The number of fused-ring (bicyclic) bond motifs is 1. The van der Waals surface area contributed by atoms with E-state index in [1.807, 2.05) is 24.3 Å². The summed E-state index contributed by atoms with van der Waals surface area (Å²) < 4.78 is 6.50. The molecule has 0 amide bonds. The van der Waals surface area contributed by atoms with Crippen molar-refractivity contribution in [3.8, 4) is 0 Å². The highest BCUT2D eigenvalue weighted by atomic mass is 127. The Morgan fingerprint density at radius 2 is 1.58 bits per heavy atom. The number of hydrogen-bond acceptors (Lipinski definition) is 2. The molecule has 3 nitrogen and oxygen atoms in total. The van der Waals surface area contributed by atoms with Gasteiger partial charge in [-0.05, 0) is 37.1 Å². The van der Waals surface area contributed by atoms with Gasteiger partial charge in [0, 0.05) is 0 Å². The topological polar surface area (TPSA) is 26.3 Å². The lowest BCUT2D eigenvalue weighted by molar-refractivity contribution is -0.923. The SMILES string of the molecule is CC[N+](CC)(CC)CCOC(=O)Cc1cccc2ccccc12.[I-]. The summed E-state index contributed by atoms with van der Waals surface area (Å²) in [6.45, 7) is 11.2. The fourth-order valence-electron chi connectivity index (χ4n) is 3.15. The summed E-state index contributed by atoms with van der Waals surface area (Å²) in [7, 11) is 0. The first-order chi connectivity index (χ1) is 11.1. The molecule has 0 atom stereocenters. The van der Waals surface area contributed by atoms with Gasteiger partial charge in [-0.25, -0.2) is 0 Å². The summed E-state index contributed by atoms with van der Waals surface area (Å²) in [6.07, 6.45) is 0.339. The van der Waals surface area contributed by atoms with Crippen molar-refractivity contribution in [1.29, 1.82) is 0 Å². The molecule has 0 aliphatic heterocycles. The van der Waals surface area contributed by atoms with Gasteiger partial charge in [-0.1, -0.05) is 42.5 Å². The Morgan fingerprint density at radius 1 is 0.958 bits per heavy atom. The van der Waals surface area contributed by atoms with E-state index >= 15 is 0 Å². The van der Waals surface area contributed by atoms with Crippen molar-refractivity contribution >= 4 is 16.7 Å². The summed E-state index contributed by atoms with van der Waals surface area (Å²) in [6, 6.07) is 14.2. The first-order valence-corrected chi connectivity index (χ1v) is 8.61. The van der Waals surface area contributed by atoms with Crippen LogP contribution in [0.3, 0.4) is 0 Å². The molecule has 24 heavy (non-hydrogen) atoms. The Hall–Kier alpha value is -1.14. The highest BCUT2D eigenvalue weighted by Gasteiger charge is 2.21. The summed E-state index contributed by atoms with van der Waals surface area (Å²) in [5.74, 6) is -0.136. The minimum Gasteiger partial charge on any atom is -1.00 e. The van der Waals surface area contributed by atoms with Crippen LogP contribution in [0.4, 0.5) is 0 Å². The molecule has 0 fully saturated rings. The Labute approximate surface area is 162 Å². The van der Waals surface area contributed by atoms with Gasteiger partial charge in [0.2, 0.25) is 0 Å². The lowest BCUT2D eigenvalue weighted by Gasteiger charge is -2.35. The zero-order valence-corrected chi connectivity index (χ0v) is 17.1. The number of ether oxygens (including phenoxy) is 1. The zero-order chi connectivity index (χ0) is 16.7. The van der Waals surface area contributed by atoms with Gasteiger partial charge in [0.25, 0.3) is 0 Å². The quantitative estimate of drug-likeness (QED) is 0.345. The summed E-state index contributed by atoms with van der Waals surface area (Å²) in [5.41, 5.74) is 1.04. The standard InChI is InChI=1S/C20H28NO2.HI/c1-4-21(5-2,6-3)14-15-23-20(22)16-18-12-9-11-17-10-7-8-13-19(17)18;/h7-13H,4-6,14-16H2,1-3H3;1H/q+1;/p-1. The molecule has 2 aromatic carbocycles. The number of quaternary nitrogens is 1. The summed E-state index contributed by atoms with van der Waals surface area (Å²) in [4.78, 5) is 12.2. The third-order valence-electron chi connectivity index (χ3n) is 5.06. The molecule has 0 heterocycles. The number of carbonyl (C=O) groups excluding carboxylic acids is 1. The lowest BCUT2D eigenvalue weighted by Crippen LogP contribution is -3.00. The van der Waals surface area contributed by atoms with E-state index in [-0.39, 0.29) is 29.9 Å². The molecule has 0 radical (unpaired) electrons. The molecule has 132 valence electrons. The number of hydrogen-bond donors (Lipinski definition) is 0. The van der Waals surface area contributed by atoms with E-state index in [0.29, 0.717) is 13.0 Å². The Kier molecular flexibility index (Phi) is 8.70. The largest absolute Gasteiger partial charge is 1.00 e. The molecule has 0 N–H and O–H groups in total. The van der Waals surface area contributed by atoms with E-state index in [1.165, 1.54) is 0 Å². The first kappa shape index (κ1) is 20.9. The second-order valence-electron chi connectivity index (χ2n) is 6.05. The number of nitrogens with zero attached hydrogens (tertiary/aromatic N) is 1. The van der Waals surface area contributed by atoms with Gasteiger partial charge in [-0.3, -0.25) is 4.79 Å². The van der Waals surface area contributed by atoms with Gasteiger partial charge in [-0.2, -0.15) is 0 Å². The Bertz CT molecular complexity index is 639. The van der Waals surface area contributed by atoms with Crippen LogP contribution in [-0.2, 0) is 16.0 Å². The smallest absolute Gasteiger partial charge is 0.310 e. The number of halogens is 1. The molecule has 2 aromatic rings. The molecule has 0 aliphatic carbocycles. The van der Waals surface area contributed by atoms with Crippen molar-refractivity contribution in [1.82, 2.24) is 0 Å². The van der Waals surface area contributed by atoms with Crippen LogP contribution >= 0.6 is 0 Å². The summed E-state index contributed by atoms with van der Waals surface area (Å²) in [5, 5.41) is 2.30. The average Bonchev–Trinajstić information content (AvgIpc) is 2.59. The number of benzene rings is 2. The second kappa shape index (κ2) is 9.99. The van der Waals surface area contributed by atoms with Gasteiger partial charge >= 0.3 is 5.97 Å². The zero-order valence-electron chi connectivity index (χ0n) is 14.9. The first-order valence-electron chi connectivity index (χ1n) is 8.61. The van der Waals surface area contributed by atoms with Crippen LogP contribution in [0.5, 0.6) is 0 Å². The minimum atomic E-state index is -0.136. The molecule has 0 saturated heterocycles. The third kappa shape index (κ3) is 5.18. The molecule has 4 heteroatoms. The predicted molar refractivity (Wildman–Crippen MR) is 95.4 cm³/mol. The van der Waals surface area contributed by atoms with Crippen LogP contribution in [-0.4, -0.2) is 43.2 Å². The van der Waals surface area contributed by atoms with Gasteiger partial charge in [0.05, 0.1) is 26.1 Å². The number of carbonyl (C=O) groups is 1. The van der Waals surface area contributed by atoms with Crippen LogP contribution in [0.25, 0.3) is 10.8 Å². The maximum atomic E-state index is 12.2. The number of likely N-dealkylation sites (N-methyl/N-ethyl adjacent to an activating group) is 1. The molecule has 0 aliphatic rings. The number of esters is 1. The van der Waals surface area contributed by atoms with Crippen molar-refractivity contribution in [2.45, 2.75) is 27.2 Å². The Morgan fingerprint density at radius 3 is 2.25 bits per heavy atom. The third-order valence-corrected chi connectivity index (χ3v) is 5.06. The van der Waals surface area contributed by atoms with Crippen molar-refractivity contribution in [2.24, 2.45) is 0 Å². The second-order valence-corrected chi connectivity index (χ2v) is 6.05. The van der Waals surface area contributed by atoms with Crippen LogP contribution in [0, 0.1) is 0 Å². The maximum Gasteiger partial charge on any atom is 0.310 e. The Balaban J connectivity index is 0.00000288. The van der Waals surface area contributed by atoms with Crippen LogP contribution in [0.2, 0.25) is 0 Å². The van der Waals surface area contributed by atoms with E-state index in [2.05, 4.69) is 39.0 Å². The molecule has 2 rings (SSSR count). The summed E-state index contributed by atoms with van der Waals surface area (Å²) >= 11 is 0. The van der Waals surface area contributed by atoms with Crippen molar-refractivity contribution in [2.75, 3.05) is 32.8 Å². The van der Waals surface area contributed by atoms with Crippen molar-refractivity contribution < 1.29 is 38.0 Å². The van der Waals surface area contributed by atoms with E-state index in [1.54, 1.807) is 0 Å². The maximum absolute atomic E-state index is 12.2. The molecule has 0 aromatic heterocycles. The van der Waals surface area contributed by atoms with Crippen LogP contribution < -0.4 is 24.0 Å². The monoisotopic (exact) mass is 441 g/mol. The van der Waals surface area contributed by atoms with Gasteiger partial charge in [-0.15, -0.1) is 0 Å². The fraction of sp³-hybridized carbons (Fsp3) is 0.450. The number of rotatable bonds is 8. The van der Waals surface area contributed by atoms with E-state index < -0.39 is 0 Å². The van der Waals surface area contributed by atoms with E-state index in [0.717, 1.165) is 47.0 Å². The minimum absolute atomic E-state index is 0. The molecule has 0 spiro atoms.